The first-order valence-electron chi connectivity index (χ1n) is 7.69. The summed E-state index contributed by atoms with van der Waals surface area (Å²) in [6, 6.07) is 6.72. The van der Waals surface area contributed by atoms with E-state index in [9.17, 15) is 9.59 Å². The number of primary amides is 1. The molecule has 3 amide bonds. The topological polar surface area (TPSA) is 112 Å². The number of hydrogen-bond donors (Lipinski definition) is 2. The van der Waals surface area contributed by atoms with Gasteiger partial charge in [0.15, 0.2) is 11.0 Å². The predicted octanol–water partition coefficient (Wildman–Crippen LogP) is 2.21. The van der Waals surface area contributed by atoms with Crippen molar-refractivity contribution in [3.8, 4) is 17.1 Å². The van der Waals surface area contributed by atoms with Gasteiger partial charge in [-0.3, -0.25) is 14.7 Å². The molecule has 1 heterocycles. The second-order valence-electron chi connectivity index (χ2n) is 5.61. The van der Waals surface area contributed by atoms with Gasteiger partial charge in [0.2, 0.25) is 5.91 Å². The Morgan fingerprint density at radius 1 is 1.20 bits per heavy atom. The van der Waals surface area contributed by atoms with Crippen LogP contribution in [0.4, 0.5) is 4.79 Å². The molecule has 0 aliphatic heterocycles. The molecule has 0 bridgehead atoms. The lowest BCUT2D eigenvalue weighted by Gasteiger charge is -2.15. The third kappa shape index (κ3) is 4.50. The first-order valence-corrected chi connectivity index (χ1v) is 8.57. The van der Waals surface area contributed by atoms with Crippen LogP contribution in [0.3, 0.4) is 0 Å². The molecule has 2 aromatic rings. The van der Waals surface area contributed by atoms with Crippen LogP contribution >= 0.6 is 11.8 Å². The van der Waals surface area contributed by atoms with Gasteiger partial charge in [0, 0.05) is 11.6 Å². The third-order valence-electron chi connectivity index (χ3n) is 3.43. The normalized spacial score (nSPS) is 12.0. The van der Waals surface area contributed by atoms with Gasteiger partial charge in [-0.2, -0.15) is 0 Å². The first kappa shape index (κ1) is 18.8. The average Bonchev–Trinajstić information content (AvgIpc) is 2.98. The van der Waals surface area contributed by atoms with E-state index in [4.69, 9.17) is 10.5 Å². The maximum Gasteiger partial charge on any atom is 0.318 e. The zero-order valence-electron chi connectivity index (χ0n) is 14.5. The Hall–Kier alpha value is -2.55. The van der Waals surface area contributed by atoms with Crippen LogP contribution in [0.25, 0.3) is 11.4 Å². The number of ether oxygens (including phenoxy) is 1. The molecule has 9 heteroatoms. The van der Waals surface area contributed by atoms with Crippen molar-refractivity contribution in [3.63, 3.8) is 0 Å². The number of methoxy groups -OCH3 is 1. The molecule has 8 nitrogen and oxygen atoms in total. The number of nitrogens with one attached hydrogen (secondary N) is 1. The van der Waals surface area contributed by atoms with Crippen LogP contribution in [0.1, 0.15) is 26.8 Å². The molecule has 0 aliphatic rings. The second-order valence-corrected chi connectivity index (χ2v) is 6.92. The summed E-state index contributed by atoms with van der Waals surface area (Å²) in [6.45, 7) is 5.69. The van der Waals surface area contributed by atoms with E-state index in [1.807, 2.05) is 42.7 Å². The third-order valence-corrected chi connectivity index (χ3v) is 4.48. The van der Waals surface area contributed by atoms with E-state index >= 15 is 0 Å². The number of carbonyl (C=O) groups excluding carboxylic acids is 2. The quantitative estimate of drug-likeness (QED) is 0.761. The molecule has 25 heavy (non-hydrogen) atoms. The molecule has 0 spiro atoms. The van der Waals surface area contributed by atoms with Gasteiger partial charge in [0.05, 0.1) is 12.4 Å². The fourth-order valence-electron chi connectivity index (χ4n) is 2.19. The Bertz CT molecular complexity index is 758. The van der Waals surface area contributed by atoms with Crippen LogP contribution in [0.2, 0.25) is 0 Å². The van der Waals surface area contributed by atoms with E-state index in [1.54, 1.807) is 14.0 Å². The minimum absolute atomic E-state index is 0.0843. The molecule has 0 fully saturated rings. The lowest BCUT2D eigenvalue weighted by molar-refractivity contribution is -0.119. The molecule has 1 aromatic carbocycles. The van der Waals surface area contributed by atoms with Gasteiger partial charge in [0.25, 0.3) is 0 Å². The summed E-state index contributed by atoms with van der Waals surface area (Å²) in [5, 5.41) is 10.6. The number of carbonyl (C=O) groups is 2. The molecule has 1 aromatic heterocycles. The molecule has 134 valence electrons. The van der Waals surface area contributed by atoms with Gasteiger partial charge in [-0.1, -0.05) is 11.8 Å². The summed E-state index contributed by atoms with van der Waals surface area (Å²) in [7, 11) is 1.61. The summed E-state index contributed by atoms with van der Waals surface area (Å²) in [5.41, 5.74) is 5.87. The number of urea groups is 1. The first-order chi connectivity index (χ1) is 11.8. The number of hydrogen-bond acceptors (Lipinski definition) is 6. The largest absolute Gasteiger partial charge is 0.497 e. The highest BCUT2D eigenvalue weighted by Crippen LogP contribution is 2.30. The Balaban J connectivity index is 2.29. The number of aromatic nitrogens is 3. The SMILES string of the molecule is COc1ccc(-c2nnc(S[C@@H](C)C(=O)NC(N)=O)n2C(C)C)cc1. The zero-order valence-corrected chi connectivity index (χ0v) is 15.3. The number of benzene rings is 1. The number of nitrogens with two attached hydrogens (primary N) is 1. The summed E-state index contributed by atoms with van der Waals surface area (Å²) < 4.78 is 7.11. The van der Waals surface area contributed by atoms with Crippen molar-refractivity contribution in [1.82, 2.24) is 20.1 Å². The summed E-state index contributed by atoms with van der Waals surface area (Å²) in [4.78, 5) is 22.7. The molecule has 0 radical (unpaired) electrons. The van der Waals surface area contributed by atoms with Gasteiger partial charge >= 0.3 is 6.03 Å². The van der Waals surface area contributed by atoms with Gasteiger partial charge in [-0.15, -0.1) is 10.2 Å². The van der Waals surface area contributed by atoms with Crippen LogP contribution in [0.5, 0.6) is 5.75 Å². The number of amides is 3. The van der Waals surface area contributed by atoms with Crippen LogP contribution in [-0.4, -0.2) is 39.1 Å². The molecule has 0 unspecified atom stereocenters. The van der Waals surface area contributed by atoms with Crippen molar-refractivity contribution in [1.29, 1.82) is 0 Å². The molecule has 3 N–H and O–H groups in total. The van der Waals surface area contributed by atoms with E-state index < -0.39 is 17.2 Å². The number of imide groups is 1. The molecular formula is C16H21N5O3S. The average molecular weight is 363 g/mol. The standard InChI is InChI=1S/C16H21N5O3S/c1-9(2)21-13(11-5-7-12(24-4)8-6-11)19-20-16(21)25-10(3)14(22)18-15(17)23/h5-10H,1-4H3,(H3,17,18,22,23)/t10-/m0/s1. The number of nitrogens with zero attached hydrogens (tertiary/aromatic N) is 3. The Morgan fingerprint density at radius 2 is 1.84 bits per heavy atom. The van der Waals surface area contributed by atoms with Crippen LogP contribution < -0.4 is 15.8 Å². The Morgan fingerprint density at radius 3 is 2.36 bits per heavy atom. The minimum atomic E-state index is -0.873. The van der Waals surface area contributed by atoms with Crippen molar-refractivity contribution in [2.24, 2.45) is 5.73 Å². The monoisotopic (exact) mass is 363 g/mol. The highest BCUT2D eigenvalue weighted by molar-refractivity contribution is 8.00. The number of rotatable bonds is 6. The summed E-state index contributed by atoms with van der Waals surface area (Å²) in [5.74, 6) is 0.982. The van der Waals surface area contributed by atoms with Gasteiger partial charge in [-0.05, 0) is 45.0 Å². The van der Waals surface area contributed by atoms with Gasteiger partial charge < -0.3 is 10.5 Å². The molecule has 0 saturated carbocycles. The van der Waals surface area contributed by atoms with Gasteiger partial charge in [0.1, 0.15) is 5.75 Å². The van der Waals surface area contributed by atoms with E-state index in [-0.39, 0.29) is 6.04 Å². The smallest absolute Gasteiger partial charge is 0.318 e. The van der Waals surface area contributed by atoms with Crippen molar-refractivity contribution < 1.29 is 14.3 Å². The fourth-order valence-corrected chi connectivity index (χ4v) is 3.18. The lowest BCUT2D eigenvalue weighted by atomic mass is 10.2. The van der Waals surface area contributed by atoms with Crippen LogP contribution in [-0.2, 0) is 4.79 Å². The van der Waals surface area contributed by atoms with Crippen molar-refractivity contribution in [3.05, 3.63) is 24.3 Å². The van der Waals surface area contributed by atoms with Crippen molar-refractivity contribution in [2.75, 3.05) is 7.11 Å². The fraction of sp³-hybridized carbons (Fsp3) is 0.375. The van der Waals surface area contributed by atoms with Crippen LogP contribution in [0.15, 0.2) is 29.4 Å². The van der Waals surface area contributed by atoms with Gasteiger partial charge in [-0.25, -0.2) is 4.79 Å². The summed E-state index contributed by atoms with van der Waals surface area (Å²) in [6.07, 6.45) is 0. The van der Waals surface area contributed by atoms with Crippen LogP contribution in [0, 0.1) is 0 Å². The maximum absolute atomic E-state index is 11.9. The lowest BCUT2D eigenvalue weighted by Crippen LogP contribution is -2.39. The predicted molar refractivity (Wildman–Crippen MR) is 95.4 cm³/mol. The Kier molecular flexibility index (Phi) is 6.02. The summed E-state index contributed by atoms with van der Waals surface area (Å²) >= 11 is 1.22. The zero-order chi connectivity index (χ0) is 18.6. The van der Waals surface area contributed by atoms with Crippen molar-refractivity contribution >= 4 is 23.7 Å². The van der Waals surface area contributed by atoms with E-state index in [1.165, 1.54) is 11.8 Å². The Labute approximate surface area is 150 Å². The molecule has 0 saturated heterocycles. The molecule has 0 aliphatic carbocycles. The van der Waals surface area contributed by atoms with E-state index in [2.05, 4.69) is 15.5 Å². The molecule has 2 rings (SSSR count). The molecular weight excluding hydrogens is 342 g/mol. The molecule has 1 atom stereocenters. The second kappa shape index (κ2) is 8.02. The van der Waals surface area contributed by atoms with Crippen molar-refractivity contribution in [2.45, 2.75) is 37.2 Å². The minimum Gasteiger partial charge on any atom is -0.497 e. The number of thioether (sulfide) groups is 1. The highest BCUT2D eigenvalue weighted by Gasteiger charge is 2.22. The highest BCUT2D eigenvalue weighted by atomic mass is 32.2. The maximum atomic E-state index is 11.9. The van der Waals surface area contributed by atoms with E-state index in [0.717, 1.165) is 11.3 Å². The van der Waals surface area contributed by atoms with E-state index in [0.29, 0.717) is 11.0 Å².